The molecule has 4 nitrogen and oxygen atoms in total. The van der Waals surface area contributed by atoms with Gasteiger partial charge in [0.05, 0.1) is 23.1 Å². The van der Waals surface area contributed by atoms with Crippen LogP contribution in [0.15, 0.2) is 59.6 Å². The van der Waals surface area contributed by atoms with Gasteiger partial charge in [-0.25, -0.2) is 4.98 Å². The summed E-state index contributed by atoms with van der Waals surface area (Å²) in [5.74, 6) is -0.296. The zero-order valence-corrected chi connectivity index (χ0v) is 18.7. The number of benzene rings is 2. The summed E-state index contributed by atoms with van der Waals surface area (Å²) in [4.78, 5) is 16.7. The zero-order chi connectivity index (χ0) is 21.7. The normalized spacial score (nSPS) is 10.7. The Morgan fingerprint density at radius 3 is 2.17 bits per heavy atom. The number of thioether (sulfide) groups is 1. The van der Waals surface area contributed by atoms with Crippen molar-refractivity contribution in [3.05, 3.63) is 70.2 Å². The van der Waals surface area contributed by atoms with Crippen LogP contribution in [0.1, 0.15) is 19.4 Å². The van der Waals surface area contributed by atoms with Crippen LogP contribution in [-0.2, 0) is 9.53 Å². The first-order valence-electron chi connectivity index (χ1n) is 9.16. The van der Waals surface area contributed by atoms with E-state index in [1.807, 2.05) is 30.3 Å². The molecule has 0 amide bonds. The van der Waals surface area contributed by atoms with Crippen LogP contribution in [-0.4, -0.2) is 22.8 Å². The van der Waals surface area contributed by atoms with Gasteiger partial charge in [-0.05, 0) is 49.7 Å². The van der Waals surface area contributed by atoms with Gasteiger partial charge in [0.25, 0.3) is 0 Å². The topological polar surface area (TPSA) is 63.0 Å². The van der Waals surface area contributed by atoms with Crippen molar-refractivity contribution in [2.45, 2.75) is 25.0 Å². The van der Waals surface area contributed by atoms with Crippen molar-refractivity contribution in [2.75, 3.05) is 5.75 Å². The number of ether oxygens (including phenoxy) is 1. The third kappa shape index (κ3) is 5.54. The first-order chi connectivity index (χ1) is 14.4. The highest BCUT2D eigenvalue weighted by atomic mass is 35.5. The van der Waals surface area contributed by atoms with E-state index >= 15 is 0 Å². The molecule has 0 spiro atoms. The molecular weight excluding hydrogens is 439 g/mol. The highest BCUT2D eigenvalue weighted by Gasteiger charge is 2.18. The van der Waals surface area contributed by atoms with Crippen LogP contribution in [0.25, 0.3) is 22.4 Å². The van der Waals surface area contributed by atoms with E-state index in [1.54, 1.807) is 38.1 Å². The van der Waals surface area contributed by atoms with E-state index in [9.17, 15) is 10.1 Å². The number of hydrogen-bond acceptors (Lipinski definition) is 5. The van der Waals surface area contributed by atoms with Gasteiger partial charge in [0, 0.05) is 21.2 Å². The molecule has 3 aromatic rings. The zero-order valence-electron chi connectivity index (χ0n) is 16.4. The van der Waals surface area contributed by atoms with Crippen molar-refractivity contribution in [3.8, 4) is 28.5 Å². The quantitative estimate of drug-likeness (QED) is 0.307. The van der Waals surface area contributed by atoms with Crippen molar-refractivity contribution in [2.24, 2.45) is 0 Å². The van der Waals surface area contributed by atoms with E-state index in [0.717, 1.165) is 11.1 Å². The standard InChI is InChI=1S/C23H18Cl2N2O2S/c1-14(2)29-22(28)13-30-23-20(12-26)19(15-3-7-17(24)8-4-15)11-21(27-23)16-5-9-18(25)10-6-16/h3-11,14H,13H2,1-2H3. The Bertz CT molecular complexity index is 1090. The summed E-state index contributed by atoms with van der Waals surface area (Å²) in [7, 11) is 0. The van der Waals surface area contributed by atoms with Crippen LogP contribution in [0.4, 0.5) is 0 Å². The average molecular weight is 457 g/mol. The van der Waals surface area contributed by atoms with E-state index in [1.165, 1.54) is 11.8 Å². The van der Waals surface area contributed by atoms with Crippen molar-refractivity contribution < 1.29 is 9.53 Å². The summed E-state index contributed by atoms with van der Waals surface area (Å²) in [6.07, 6.45) is -0.202. The number of esters is 1. The smallest absolute Gasteiger partial charge is 0.316 e. The minimum absolute atomic E-state index is 0.0595. The number of nitrogens with zero attached hydrogens (tertiary/aromatic N) is 2. The molecule has 1 aromatic heterocycles. The molecular formula is C23H18Cl2N2O2S. The Balaban J connectivity index is 2.09. The van der Waals surface area contributed by atoms with Crippen LogP contribution < -0.4 is 0 Å². The first kappa shape index (κ1) is 22.2. The second-order valence-electron chi connectivity index (χ2n) is 6.69. The van der Waals surface area contributed by atoms with Gasteiger partial charge in [-0.3, -0.25) is 4.79 Å². The fourth-order valence-electron chi connectivity index (χ4n) is 2.78. The molecule has 0 radical (unpaired) electrons. The summed E-state index contributed by atoms with van der Waals surface area (Å²) < 4.78 is 5.20. The molecule has 0 aliphatic heterocycles. The van der Waals surface area contributed by atoms with Gasteiger partial charge in [-0.1, -0.05) is 59.2 Å². The summed E-state index contributed by atoms with van der Waals surface area (Å²) >= 11 is 13.2. The molecule has 0 aliphatic carbocycles. The maximum atomic E-state index is 12.0. The molecule has 2 aromatic carbocycles. The minimum Gasteiger partial charge on any atom is -0.462 e. The summed E-state index contributed by atoms with van der Waals surface area (Å²) in [6.45, 7) is 3.59. The number of aromatic nitrogens is 1. The molecule has 0 unspecified atom stereocenters. The van der Waals surface area contributed by atoms with Crippen molar-refractivity contribution in [1.82, 2.24) is 4.98 Å². The molecule has 3 rings (SSSR count). The lowest BCUT2D eigenvalue weighted by Crippen LogP contribution is -2.13. The molecule has 152 valence electrons. The Morgan fingerprint density at radius 1 is 1.07 bits per heavy atom. The first-order valence-corrected chi connectivity index (χ1v) is 10.9. The predicted octanol–water partition coefficient (Wildman–Crippen LogP) is 6.64. The van der Waals surface area contributed by atoms with E-state index < -0.39 is 0 Å². The predicted molar refractivity (Wildman–Crippen MR) is 122 cm³/mol. The van der Waals surface area contributed by atoms with Crippen LogP contribution in [0.2, 0.25) is 10.0 Å². The van der Waals surface area contributed by atoms with Crippen molar-refractivity contribution >= 4 is 40.9 Å². The molecule has 1 heterocycles. The van der Waals surface area contributed by atoms with Crippen molar-refractivity contribution in [1.29, 1.82) is 5.26 Å². The summed E-state index contributed by atoms with van der Waals surface area (Å²) in [6, 6.07) is 18.6. The maximum absolute atomic E-state index is 12.0. The summed E-state index contributed by atoms with van der Waals surface area (Å²) in [5, 5.41) is 11.6. The molecule has 0 saturated carbocycles. The van der Waals surface area contributed by atoms with Gasteiger partial charge >= 0.3 is 5.97 Å². The van der Waals surface area contributed by atoms with E-state index in [4.69, 9.17) is 27.9 Å². The van der Waals surface area contributed by atoms with E-state index in [2.05, 4.69) is 11.1 Å². The van der Waals surface area contributed by atoms with Gasteiger partial charge in [-0.15, -0.1) is 0 Å². The largest absolute Gasteiger partial charge is 0.462 e. The summed E-state index contributed by atoms with van der Waals surface area (Å²) in [5.41, 5.74) is 3.48. The van der Waals surface area contributed by atoms with Gasteiger partial charge in [0.1, 0.15) is 11.1 Å². The Morgan fingerprint density at radius 2 is 1.63 bits per heavy atom. The molecule has 0 fully saturated rings. The Kier molecular flexibility index (Phi) is 7.38. The number of rotatable bonds is 6. The van der Waals surface area contributed by atoms with Gasteiger partial charge in [-0.2, -0.15) is 5.26 Å². The molecule has 7 heteroatoms. The van der Waals surface area contributed by atoms with Crippen LogP contribution in [0, 0.1) is 11.3 Å². The van der Waals surface area contributed by atoms with Gasteiger partial charge < -0.3 is 4.74 Å². The number of nitriles is 1. The van der Waals surface area contributed by atoms with Gasteiger partial charge in [0.15, 0.2) is 0 Å². The van der Waals surface area contributed by atoms with Crippen LogP contribution in [0.3, 0.4) is 0 Å². The number of halogens is 2. The van der Waals surface area contributed by atoms with E-state index in [0.29, 0.717) is 31.9 Å². The number of carbonyl (C=O) groups is 1. The molecule has 0 N–H and O–H groups in total. The van der Waals surface area contributed by atoms with Gasteiger partial charge in [0.2, 0.25) is 0 Å². The molecule has 0 aliphatic rings. The van der Waals surface area contributed by atoms with E-state index in [-0.39, 0.29) is 17.8 Å². The average Bonchev–Trinajstić information content (AvgIpc) is 2.72. The highest BCUT2D eigenvalue weighted by molar-refractivity contribution is 7.99. The minimum atomic E-state index is -0.356. The molecule has 30 heavy (non-hydrogen) atoms. The Hall–Kier alpha value is -2.52. The monoisotopic (exact) mass is 456 g/mol. The Labute approximate surface area is 189 Å². The van der Waals surface area contributed by atoms with Crippen LogP contribution in [0.5, 0.6) is 0 Å². The number of pyridine rings is 1. The second kappa shape index (κ2) is 9.99. The lowest BCUT2D eigenvalue weighted by molar-refractivity contribution is -0.144. The van der Waals surface area contributed by atoms with Crippen molar-refractivity contribution in [3.63, 3.8) is 0 Å². The lowest BCUT2D eigenvalue weighted by Gasteiger charge is -2.13. The lowest BCUT2D eigenvalue weighted by atomic mass is 9.99. The fourth-order valence-corrected chi connectivity index (χ4v) is 3.82. The highest BCUT2D eigenvalue weighted by Crippen LogP contribution is 2.35. The second-order valence-corrected chi connectivity index (χ2v) is 8.53. The molecule has 0 bridgehead atoms. The van der Waals surface area contributed by atoms with Crippen LogP contribution >= 0.6 is 35.0 Å². The number of carbonyl (C=O) groups excluding carboxylic acids is 1. The number of hydrogen-bond donors (Lipinski definition) is 0. The molecule has 0 saturated heterocycles. The third-order valence-corrected chi connectivity index (χ3v) is 5.54. The maximum Gasteiger partial charge on any atom is 0.316 e. The fraction of sp³-hybridized carbons (Fsp3) is 0.174. The molecule has 0 atom stereocenters. The third-order valence-electron chi connectivity index (χ3n) is 4.09. The SMILES string of the molecule is CC(C)OC(=O)CSc1nc(-c2ccc(Cl)cc2)cc(-c2ccc(Cl)cc2)c1C#N.